The molecule has 466 valence electrons. The molecule has 82 heavy (non-hydrogen) atoms. The number of aliphatic hydroxyl groups is 4. The van der Waals surface area contributed by atoms with Gasteiger partial charge in [-0.15, -0.1) is 5.10 Å². The third-order valence-electron chi connectivity index (χ3n) is 17.7. The summed E-state index contributed by atoms with van der Waals surface area (Å²) in [4.78, 5) is 22.5. The van der Waals surface area contributed by atoms with Crippen molar-refractivity contribution in [2.75, 3.05) is 73.4 Å². The minimum Gasteiger partial charge on any atom is -0.459 e. The fraction of sp³-hybridized carbons (Fsp3) is 0.793. The van der Waals surface area contributed by atoms with E-state index in [1.54, 1.807) is 59.0 Å². The van der Waals surface area contributed by atoms with Crippen molar-refractivity contribution in [2.24, 2.45) is 28.8 Å². The van der Waals surface area contributed by atoms with Gasteiger partial charge in [-0.3, -0.25) is 4.79 Å². The van der Waals surface area contributed by atoms with E-state index in [9.17, 15) is 38.0 Å². The van der Waals surface area contributed by atoms with Gasteiger partial charge in [-0.1, -0.05) is 68.4 Å². The van der Waals surface area contributed by atoms with Crippen LogP contribution in [-0.2, 0) is 68.5 Å². The van der Waals surface area contributed by atoms with E-state index in [2.05, 4.69) is 15.5 Å². The molecule has 0 saturated carbocycles. The molecule has 0 radical (unpaired) electrons. The average molecular weight is 1180 g/mol. The Kier molecular flexibility index (Phi) is 23.7. The minimum absolute atomic E-state index is 0.00179. The van der Waals surface area contributed by atoms with E-state index in [0.29, 0.717) is 36.4 Å². The standard InChI is InChI=1S/C58H94FN5O17S/c1-16-45-58(10,69)51(66)35(4)47(61-76-25-24-72-12)33(2)28-57(9,75-15)53(36(5)49(37(6)54(68)79-45)80-46-29-56(8,74-14)52(67)38(7)78-46)81-55-48(65)43(27-34(3)77-55)63(11)23-21-42-31-64(62-60-42)44(30-59)50(73-13)40-19-17-39(18-20-40)41-22-26-82(70,71)32-41/h17-20,22,31,33-38,43-46,48-53,55,65-67,69H,16,21,23-30,32H2,1-15H3/b61-47+/t33-,34-,35+,36+,37-,38+,43+,44-,45-,46+,48-,49+,50-,51-,52+,53-,55+,56-,57-,58-/m1/s1. The van der Waals surface area contributed by atoms with Crippen LogP contribution in [0.1, 0.15) is 124 Å². The minimum atomic E-state index is -3.16. The third-order valence-corrected chi connectivity index (χ3v) is 19.1. The van der Waals surface area contributed by atoms with E-state index >= 15 is 0 Å². The zero-order chi connectivity index (χ0) is 60.6. The van der Waals surface area contributed by atoms with E-state index in [-0.39, 0.29) is 44.0 Å². The Hall–Kier alpha value is -3.60. The molecule has 20 atom stereocenters. The predicted octanol–water partition coefficient (Wildman–Crippen LogP) is 4.80. The lowest BCUT2D eigenvalue weighted by Crippen LogP contribution is -2.61. The summed E-state index contributed by atoms with van der Waals surface area (Å²) in [6.45, 7) is 17.4. The van der Waals surface area contributed by atoms with Crippen LogP contribution in [0, 0.1) is 23.7 Å². The van der Waals surface area contributed by atoms with Crippen LogP contribution in [-0.4, -0.2) is 218 Å². The van der Waals surface area contributed by atoms with Gasteiger partial charge in [-0.05, 0) is 84.6 Å². The second-order valence-electron chi connectivity index (χ2n) is 23.8. The lowest BCUT2D eigenvalue weighted by molar-refractivity contribution is -0.319. The van der Waals surface area contributed by atoms with Crippen LogP contribution in [0.15, 0.2) is 41.7 Å². The van der Waals surface area contributed by atoms with Crippen molar-refractivity contribution in [2.45, 2.75) is 198 Å². The number of ether oxygens (including phenoxy) is 9. The van der Waals surface area contributed by atoms with Crippen LogP contribution in [0.2, 0.25) is 0 Å². The number of oxime groups is 1. The van der Waals surface area contributed by atoms with Gasteiger partial charge in [0.15, 0.2) is 22.4 Å². The van der Waals surface area contributed by atoms with Crippen molar-refractivity contribution in [3.8, 4) is 0 Å². The molecular formula is C58H94FN5O17S. The van der Waals surface area contributed by atoms with Gasteiger partial charge in [-0.25, -0.2) is 17.5 Å². The number of sulfone groups is 1. The van der Waals surface area contributed by atoms with Gasteiger partial charge < -0.3 is 72.8 Å². The van der Waals surface area contributed by atoms with Crippen LogP contribution in [0.5, 0.6) is 0 Å². The van der Waals surface area contributed by atoms with Gasteiger partial charge in [0.1, 0.15) is 49.3 Å². The van der Waals surface area contributed by atoms with Crippen molar-refractivity contribution in [3.05, 3.63) is 53.4 Å². The highest BCUT2D eigenvalue weighted by Gasteiger charge is 2.54. The van der Waals surface area contributed by atoms with E-state index in [4.69, 9.17) is 47.5 Å². The fourth-order valence-electron chi connectivity index (χ4n) is 12.5. The molecule has 5 heterocycles. The number of esters is 1. The lowest BCUT2D eigenvalue weighted by Gasteiger charge is -2.50. The number of nitrogens with zero attached hydrogens (tertiary/aromatic N) is 5. The smallest absolute Gasteiger partial charge is 0.311 e. The van der Waals surface area contributed by atoms with Crippen molar-refractivity contribution in [1.29, 1.82) is 0 Å². The largest absolute Gasteiger partial charge is 0.459 e. The molecule has 0 bridgehead atoms. The molecule has 0 unspecified atom stereocenters. The van der Waals surface area contributed by atoms with E-state index in [0.717, 1.165) is 11.1 Å². The number of likely N-dealkylation sites (N-methyl/N-ethyl adjacent to an activating group) is 1. The summed E-state index contributed by atoms with van der Waals surface area (Å²) < 4.78 is 97.2. The Morgan fingerprint density at radius 3 is 2.21 bits per heavy atom. The Morgan fingerprint density at radius 1 is 0.927 bits per heavy atom. The van der Waals surface area contributed by atoms with E-state index in [1.807, 2.05) is 51.8 Å². The van der Waals surface area contributed by atoms with Gasteiger partial charge >= 0.3 is 5.97 Å². The lowest BCUT2D eigenvalue weighted by atomic mass is 9.73. The van der Waals surface area contributed by atoms with Crippen molar-refractivity contribution in [3.63, 3.8) is 0 Å². The number of methoxy groups -OCH3 is 4. The Morgan fingerprint density at radius 2 is 1.61 bits per heavy atom. The first-order valence-electron chi connectivity index (χ1n) is 28.7. The maximum absolute atomic E-state index is 15.0. The van der Waals surface area contributed by atoms with Gasteiger partial charge in [0, 0.05) is 77.8 Å². The zero-order valence-electron chi connectivity index (χ0n) is 50.7. The summed E-state index contributed by atoms with van der Waals surface area (Å²) >= 11 is 0. The molecule has 6 rings (SSSR count). The van der Waals surface area contributed by atoms with Crippen LogP contribution >= 0.6 is 0 Å². The first-order chi connectivity index (χ1) is 38.6. The molecule has 4 aliphatic rings. The molecule has 1 aromatic heterocycles. The average Bonchev–Trinajstić information content (AvgIpc) is 4.15. The molecule has 24 heteroatoms. The van der Waals surface area contributed by atoms with Crippen LogP contribution in [0.3, 0.4) is 0 Å². The van der Waals surface area contributed by atoms with E-state index in [1.165, 1.54) is 40.0 Å². The normalized spacial score (nSPS) is 38.2. The highest BCUT2D eigenvalue weighted by Crippen LogP contribution is 2.43. The molecule has 2 aromatic rings. The monoisotopic (exact) mass is 1180 g/mol. The quantitative estimate of drug-likeness (QED) is 0.0742. The summed E-state index contributed by atoms with van der Waals surface area (Å²) in [5.41, 5.74) is -1.26. The van der Waals surface area contributed by atoms with Gasteiger partial charge in [-0.2, -0.15) is 0 Å². The molecule has 4 aliphatic heterocycles. The van der Waals surface area contributed by atoms with Crippen molar-refractivity contribution >= 4 is 27.1 Å². The summed E-state index contributed by atoms with van der Waals surface area (Å²) in [5, 5.41) is 61.2. The molecule has 3 fully saturated rings. The topological polar surface area (TPSA) is 271 Å². The van der Waals surface area contributed by atoms with Crippen LogP contribution in [0.25, 0.3) is 5.57 Å². The molecule has 0 spiro atoms. The molecule has 4 N–H and O–H groups in total. The first-order valence-corrected chi connectivity index (χ1v) is 30.5. The number of cyclic esters (lactones) is 1. The maximum atomic E-state index is 15.0. The van der Waals surface area contributed by atoms with Crippen LogP contribution < -0.4 is 0 Å². The number of hydrogen-bond acceptors (Lipinski definition) is 21. The van der Waals surface area contributed by atoms with Gasteiger partial charge in [0.2, 0.25) is 0 Å². The molecule has 1 aromatic carbocycles. The molecular weight excluding hydrogens is 1090 g/mol. The SMILES string of the molecule is CC[C@H]1OC(=O)[C@H](C)[C@@H](O[C@H]2C[C@@](C)(OC)[C@@H](O)[C@H](C)O2)[C@H](C)[C@@H](O[C@@H]2O[C@H](C)C[C@H](N(C)CCc3cn([C@H](CF)[C@H](OC)c4ccc(C5=CCS(=O)(=O)C5)cc4)nn3)[C@H]2O)[C@](C)(OC)C[C@@H](C)/C(=N\OCCOC)[C@H](C)[C@@H](O)[C@]1(C)O. The second-order valence-corrected chi connectivity index (χ2v) is 25.9. The highest BCUT2D eigenvalue weighted by atomic mass is 32.2. The second kappa shape index (κ2) is 28.7. The molecule has 3 saturated heterocycles. The summed E-state index contributed by atoms with van der Waals surface area (Å²) in [6, 6.07) is 5.84. The summed E-state index contributed by atoms with van der Waals surface area (Å²) in [5.74, 6) is -4.05. The first kappa shape index (κ1) is 67.5. The highest BCUT2D eigenvalue weighted by molar-refractivity contribution is 7.92. The fourth-order valence-corrected chi connectivity index (χ4v) is 13.8. The van der Waals surface area contributed by atoms with E-state index < -0.39 is 143 Å². The Balaban J connectivity index is 1.30. The number of carbonyl (C=O) groups excluding carboxylic acids is 1. The zero-order valence-corrected chi connectivity index (χ0v) is 51.5. The number of aromatic nitrogens is 3. The van der Waals surface area contributed by atoms with Crippen molar-refractivity contribution < 1.29 is 85.5 Å². The number of halogens is 1. The van der Waals surface area contributed by atoms with Crippen molar-refractivity contribution in [1.82, 2.24) is 19.9 Å². The maximum Gasteiger partial charge on any atom is 0.311 e. The van der Waals surface area contributed by atoms with Gasteiger partial charge in [0.25, 0.3) is 0 Å². The summed E-state index contributed by atoms with van der Waals surface area (Å²) in [6.07, 6.45) is -6.77. The predicted molar refractivity (Wildman–Crippen MR) is 302 cm³/mol. The number of benzene rings is 1. The number of rotatable bonds is 21. The number of alkyl halides is 1. The Bertz CT molecular complexity index is 2540. The van der Waals surface area contributed by atoms with Crippen LogP contribution in [0.4, 0.5) is 4.39 Å². The number of hydrogen-bond donors (Lipinski definition) is 4. The molecule has 0 amide bonds. The molecule has 22 nitrogen and oxygen atoms in total. The summed E-state index contributed by atoms with van der Waals surface area (Å²) in [7, 11) is 4.77. The molecule has 0 aliphatic carbocycles. The third kappa shape index (κ3) is 15.5. The van der Waals surface area contributed by atoms with Gasteiger partial charge in [0.05, 0.1) is 77.2 Å². The number of carbonyl (C=O) groups is 1. The Labute approximate surface area is 484 Å². The number of aliphatic hydroxyl groups excluding tert-OH is 3.